The smallest absolute Gasteiger partial charge is 0.337 e. The molecule has 0 radical (unpaired) electrons. The minimum absolute atomic E-state index is 0.242. The van der Waals surface area contributed by atoms with E-state index in [1.807, 2.05) is 6.07 Å². The molecule has 0 fully saturated rings. The van der Waals surface area contributed by atoms with Crippen LogP contribution in [0.5, 0.6) is 0 Å². The summed E-state index contributed by atoms with van der Waals surface area (Å²) in [6, 6.07) is 8.03. The summed E-state index contributed by atoms with van der Waals surface area (Å²) < 4.78 is 4.94. The van der Waals surface area contributed by atoms with Crippen LogP contribution < -0.4 is 11.5 Å². The number of hydrogen-bond donors (Lipinski definition) is 2. The van der Waals surface area contributed by atoms with E-state index in [9.17, 15) is 4.79 Å². The van der Waals surface area contributed by atoms with Gasteiger partial charge >= 0.3 is 5.97 Å². The van der Waals surface area contributed by atoms with Crippen molar-refractivity contribution in [3.05, 3.63) is 46.7 Å². The van der Waals surface area contributed by atoms with Gasteiger partial charge in [-0.3, -0.25) is 0 Å². The summed E-state index contributed by atoms with van der Waals surface area (Å²) in [6.45, 7) is 3.58. The van der Waals surface area contributed by atoms with Gasteiger partial charge in [0.05, 0.1) is 29.9 Å². The van der Waals surface area contributed by atoms with Crippen LogP contribution in [0.4, 0.5) is 0 Å². The molecule has 1 aromatic rings. The zero-order valence-corrected chi connectivity index (χ0v) is 11.0. The molecule has 1 rings (SSSR count). The van der Waals surface area contributed by atoms with Gasteiger partial charge in [-0.2, -0.15) is 5.26 Å². The first-order valence-electron chi connectivity index (χ1n) is 5.90. The van der Waals surface area contributed by atoms with Crippen molar-refractivity contribution in [3.63, 3.8) is 0 Å². The Kier molecular flexibility index (Phi) is 5.10. The summed E-state index contributed by atoms with van der Waals surface area (Å²) in [5, 5.41) is 8.74. The highest BCUT2D eigenvalue weighted by Gasteiger charge is 2.22. The molecule has 1 unspecified atom stereocenters. The van der Waals surface area contributed by atoms with Crippen molar-refractivity contribution in [2.24, 2.45) is 11.5 Å². The molecule has 1 atom stereocenters. The molecular weight excluding hydrogens is 242 g/mol. The van der Waals surface area contributed by atoms with Crippen LogP contribution in [0.25, 0.3) is 0 Å². The van der Waals surface area contributed by atoms with Crippen LogP contribution in [0.2, 0.25) is 0 Å². The maximum absolute atomic E-state index is 11.8. The van der Waals surface area contributed by atoms with Gasteiger partial charge in [-0.25, -0.2) is 4.79 Å². The lowest BCUT2D eigenvalue weighted by atomic mass is 9.97. The normalized spacial score (nSPS) is 13.2. The monoisotopic (exact) mass is 259 g/mol. The summed E-state index contributed by atoms with van der Waals surface area (Å²) in [4.78, 5) is 11.8. The van der Waals surface area contributed by atoms with Crippen LogP contribution >= 0.6 is 0 Å². The second-order valence-electron chi connectivity index (χ2n) is 4.03. The summed E-state index contributed by atoms with van der Waals surface area (Å²) in [7, 11) is 0. The lowest BCUT2D eigenvalue weighted by Gasteiger charge is -2.16. The van der Waals surface area contributed by atoms with Crippen LogP contribution in [0.1, 0.15) is 31.0 Å². The van der Waals surface area contributed by atoms with Crippen molar-refractivity contribution in [2.45, 2.75) is 19.9 Å². The molecule has 0 aliphatic heterocycles. The van der Waals surface area contributed by atoms with Crippen LogP contribution in [0.3, 0.4) is 0 Å². The molecule has 0 amide bonds. The molecule has 0 aliphatic carbocycles. The highest BCUT2D eigenvalue weighted by molar-refractivity contribution is 5.90. The summed E-state index contributed by atoms with van der Waals surface area (Å²) >= 11 is 0. The zero-order valence-electron chi connectivity index (χ0n) is 11.0. The number of nitriles is 1. The SMILES string of the molecule is CCOC(=O)/C(=C(\C)N)C(N)c1ccc(C#N)cc1. The Morgan fingerprint density at radius 2 is 2.00 bits per heavy atom. The Balaban J connectivity index is 3.07. The number of nitrogens with zero attached hydrogens (tertiary/aromatic N) is 1. The number of esters is 1. The number of ether oxygens (including phenoxy) is 1. The maximum atomic E-state index is 11.8. The maximum Gasteiger partial charge on any atom is 0.337 e. The van der Waals surface area contributed by atoms with Gasteiger partial charge in [0.25, 0.3) is 0 Å². The van der Waals surface area contributed by atoms with Gasteiger partial charge in [0.1, 0.15) is 0 Å². The molecule has 4 N–H and O–H groups in total. The van der Waals surface area contributed by atoms with Gasteiger partial charge in [0.15, 0.2) is 0 Å². The van der Waals surface area contributed by atoms with Crippen molar-refractivity contribution in [2.75, 3.05) is 6.61 Å². The van der Waals surface area contributed by atoms with E-state index in [0.29, 0.717) is 16.8 Å². The zero-order chi connectivity index (χ0) is 14.4. The Labute approximate surface area is 112 Å². The topological polar surface area (TPSA) is 102 Å². The van der Waals surface area contributed by atoms with Gasteiger partial charge in [-0.1, -0.05) is 12.1 Å². The van der Waals surface area contributed by atoms with Crippen molar-refractivity contribution in [1.29, 1.82) is 5.26 Å². The molecule has 5 heteroatoms. The number of rotatable bonds is 4. The fourth-order valence-electron chi connectivity index (χ4n) is 1.67. The summed E-state index contributed by atoms with van der Waals surface area (Å²) in [6.07, 6.45) is 0. The number of nitrogens with two attached hydrogens (primary N) is 2. The molecule has 5 nitrogen and oxygen atoms in total. The van der Waals surface area contributed by atoms with Gasteiger partial charge in [-0.05, 0) is 31.5 Å². The quantitative estimate of drug-likeness (QED) is 0.627. The predicted octanol–water partition coefficient (Wildman–Crippen LogP) is 1.35. The van der Waals surface area contributed by atoms with E-state index in [1.54, 1.807) is 38.1 Å². The molecule has 100 valence electrons. The van der Waals surface area contributed by atoms with E-state index in [1.165, 1.54) is 0 Å². The molecule has 0 saturated heterocycles. The van der Waals surface area contributed by atoms with Crippen LogP contribution in [-0.2, 0) is 9.53 Å². The number of hydrogen-bond acceptors (Lipinski definition) is 5. The van der Waals surface area contributed by atoms with Gasteiger partial charge in [-0.15, -0.1) is 0 Å². The first-order chi connectivity index (χ1) is 9.01. The van der Waals surface area contributed by atoms with E-state index in [0.717, 1.165) is 0 Å². The van der Waals surface area contributed by atoms with Crippen molar-refractivity contribution < 1.29 is 9.53 Å². The third kappa shape index (κ3) is 3.57. The second-order valence-corrected chi connectivity index (χ2v) is 4.03. The molecular formula is C14H17N3O2. The lowest BCUT2D eigenvalue weighted by molar-refractivity contribution is -0.138. The average molecular weight is 259 g/mol. The Morgan fingerprint density at radius 1 is 1.42 bits per heavy atom. The number of benzene rings is 1. The third-order valence-electron chi connectivity index (χ3n) is 2.63. The fourth-order valence-corrected chi connectivity index (χ4v) is 1.67. The number of carbonyl (C=O) groups is 1. The predicted molar refractivity (Wildman–Crippen MR) is 71.6 cm³/mol. The first-order valence-corrected chi connectivity index (χ1v) is 5.90. The van der Waals surface area contributed by atoms with Crippen LogP contribution in [0.15, 0.2) is 35.5 Å². The van der Waals surface area contributed by atoms with Crippen LogP contribution in [-0.4, -0.2) is 12.6 Å². The fraction of sp³-hybridized carbons (Fsp3) is 0.286. The Hall–Kier alpha value is -2.32. The summed E-state index contributed by atoms with van der Waals surface area (Å²) in [5.41, 5.74) is 13.6. The van der Waals surface area contributed by atoms with Crippen molar-refractivity contribution in [1.82, 2.24) is 0 Å². The molecule has 0 bridgehead atoms. The van der Waals surface area contributed by atoms with E-state index < -0.39 is 12.0 Å². The van der Waals surface area contributed by atoms with Crippen LogP contribution in [0, 0.1) is 11.3 Å². The number of carbonyl (C=O) groups excluding carboxylic acids is 1. The average Bonchev–Trinajstić information content (AvgIpc) is 2.38. The van der Waals surface area contributed by atoms with Gasteiger partial charge in [0, 0.05) is 5.70 Å². The second kappa shape index (κ2) is 6.57. The molecule has 0 aliphatic rings. The Bertz CT molecular complexity index is 523. The van der Waals surface area contributed by atoms with E-state index >= 15 is 0 Å². The lowest BCUT2D eigenvalue weighted by Crippen LogP contribution is -2.24. The standard InChI is InChI=1S/C14H17N3O2/c1-3-19-14(18)12(9(2)16)13(17)11-6-4-10(8-15)5-7-11/h4-7,13H,3,16-17H2,1-2H3/b12-9+. The third-order valence-corrected chi connectivity index (χ3v) is 2.63. The van der Waals surface area contributed by atoms with E-state index in [2.05, 4.69) is 0 Å². The van der Waals surface area contributed by atoms with Gasteiger partial charge < -0.3 is 16.2 Å². The van der Waals surface area contributed by atoms with Crippen molar-refractivity contribution in [3.8, 4) is 6.07 Å². The molecule has 0 saturated carbocycles. The molecule has 0 aromatic heterocycles. The molecule has 0 heterocycles. The molecule has 19 heavy (non-hydrogen) atoms. The largest absolute Gasteiger partial charge is 0.463 e. The van der Waals surface area contributed by atoms with Gasteiger partial charge in [0.2, 0.25) is 0 Å². The minimum Gasteiger partial charge on any atom is -0.463 e. The van der Waals surface area contributed by atoms with Crippen molar-refractivity contribution >= 4 is 5.97 Å². The highest BCUT2D eigenvalue weighted by Crippen LogP contribution is 2.22. The molecule has 0 spiro atoms. The van der Waals surface area contributed by atoms with E-state index in [-0.39, 0.29) is 12.2 Å². The molecule has 1 aromatic carbocycles. The minimum atomic E-state index is -0.670. The highest BCUT2D eigenvalue weighted by atomic mass is 16.5. The Morgan fingerprint density at radius 3 is 2.42 bits per heavy atom. The number of allylic oxidation sites excluding steroid dienone is 1. The summed E-state index contributed by atoms with van der Waals surface area (Å²) in [5.74, 6) is -0.514. The van der Waals surface area contributed by atoms with E-state index in [4.69, 9.17) is 21.5 Å². The first kappa shape index (κ1) is 14.7.